The van der Waals surface area contributed by atoms with Crippen LogP contribution in [0.3, 0.4) is 0 Å². The number of carboxylic acid groups (broad SMARTS) is 1. The number of benzene rings is 1. The van der Waals surface area contributed by atoms with E-state index in [4.69, 9.17) is 9.84 Å². The summed E-state index contributed by atoms with van der Waals surface area (Å²) in [5.74, 6) is -1.08. The largest absolute Gasteiger partial charge is 0.481 e. The Morgan fingerprint density at radius 2 is 1.95 bits per heavy atom. The highest BCUT2D eigenvalue weighted by Gasteiger charge is 2.34. The average molecular weight is 291 g/mol. The second-order valence-corrected chi connectivity index (χ2v) is 5.41. The van der Waals surface area contributed by atoms with Crippen LogP contribution in [0.4, 0.5) is 0 Å². The van der Waals surface area contributed by atoms with Crippen LogP contribution in [-0.2, 0) is 20.9 Å². The van der Waals surface area contributed by atoms with E-state index in [9.17, 15) is 9.59 Å². The average Bonchev–Trinajstić information content (AvgIpc) is 2.42. The summed E-state index contributed by atoms with van der Waals surface area (Å²) in [7, 11) is 0. The van der Waals surface area contributed by atoms with Crippen LogP contribution in [-0.4, -0.2) is 29.6 Å². The SMILES string of the molecule is O=C(CCCOCc1ccccc1)NC1CC(C(=O)O)C1. The maximum absolute atomic E-state index is 11.6. The quantitative estimate of drug-likeness (QED) is 0.718. The summed E-state index contributed by atoms with van der Waals surface area (Å²) < 4.78 is 5.51. The summed E-state index contributed by atoms with van der Waals surface area (Å²) in [6.45, 7) is 1.11. The van der Waals surface area contributed by atoms with Crippen molar-refractivity contribution >= 4 is 11.9 Å². The Hall–Kier alpha value is -1.88. The van der Waals surface area contributed by atoms with Crippen molar-refractivity contribution in [3.05, 3.63) is 35.9 Å². The Labute approximate surface area is 124 Å². The van der Waals surface area contributed by atoms with E-state index < -0.39 is 5.97 Å². The Morgan fingerprint density at radius 1 is 1.24 bits per heavy atom. The third-order valence-electron chi connectivity index (χ3n) is 3.66. The van der Waals surface area contributed by atoms with Gasteiger partial charge in [0, 0.05) is 19.1 Å². The van der Waals surface area contributed by atoms with Crippen LogP contribution in [0.5, 0.6) is 0 Å². The van der Waals surface area contributed by atoms with Crippen molar-refractivity contribution in [2.75, 3.05) is 6.61 Å². The molecule has 21 heavy (non-hydrogen) atoms. The Morgan fingerprint density at radius 3 is 2.62 bits per heavy atom. The fraction of sp³-hybridized carbons (Fsp3) is 0.500. The van der Waals surface area contributed by atoms with E-state index in [2.05, 4.69) is 5.32 Å². The number of carbonyl (C=O) groups is 2. The monoisotopic (exact) mass is 291 g/mol. The van der Waals surface area contributed by atoms with Crippen molar-refractivity contribution < 1.29 is 19.4 Å². The molecule has 5 heteroatoms. The van der Waals surface area contributed by atoms with Crippen molar-refractivity contribution in [1.82, 2.24) is 5.32 Å². The van der Waals surface area contributed by atoms with Gasteiger partial charge < -0.3 is 15.2 Å². The molecule has 1 aliphatic carbocycles. The molecule has 0 spiro atoms. The first kappa shape index (κ1) is 15.5. The molecule has 5 nitrogen and oxygen atoms in total. The summed E-state index contributed by atoms with van der Waals surface area (Å²) in [6.07, 6.45) is 2.19. The molecule has 2 N–H and O–H groups in total. The normalized spacial score (nSPS) is 20.6. The van der Waals surface area contributed by atoms with Crippen molar-refractivity contribution in [2.24, 2.45) is 5.92 Å². The number of rotatable bonds is 8. The van der Waals surface area contributed by atoms with E-state index in [1.165, 1.54) is 0 Å². The Bertz CT molecular complexity index is 468. The summed E-state index contributed by atoms with van der Waals surface area (Å²) in [5.41, 5.74) is 1.12. The number of aliphatic carboxylic acids is 1. The van der Waals surface area contributed by atoms with Crippen molar-refractivity contribution in [2.45, 2.75) is 38.3 Å². The molecule has 114 valence electrons. The lowest BCUT2D eigenvalue weighted by Crippen LogP contribution is -2.46. The lowest BCUT2D eigenvalue weighted by atomic mass is 9.80. The minimum Gasteiger partial charge on any atom is -0.481 e. The summed E-state index contributed by atoms with van der Waals surface area (Å²) in [5, 5.41) is 11.6. The molecule has 0 aromatic heterocycles. The second-order valence-electron chi connectivity index (χ2n) is 5.41. The third kappa shape index (κ3) is 5.19. The van der Waals surface area contributed by atoms with Gasteiger partial charge in [0.1, 0.15) is 0 Å². The van der Waals surface area contributed by atoms with E-state index in [0.717, 1.165) is 5.56 Å². The number of carboxylic acids is 1. The van der Waals surface area contributed by atoms with Crippen LogP contribution in [0, 0.1) is 5.92 Å². The summed E-state index contributed by atoms with van der Waals surface area (Å²) in [4.78, 5) is 22.3. The Kier molecular flexibility index (Phi) is 5.75. The van der Waals surface area contributed by atoms with Crippen molar-refractivity contribution in [3.8, 4) is 0 Å². The van der Waals surface area contributed by atoms with E-state index in [-0.39, 0.29) is 17.9 Å². The molecule has 1 amide bonds. The first-order valence-corrected chi connectivity index (χ1v) is 7.29. The maximum atomic E-state index is 11.6. The minimum atomic E-state index is -0.769. The second kappa shape index (κ2) is 7.78. The van der Waals surface area contributed by atoms with Gasteiger partial charge in [-0.25, -0.2) is 0 Å². The smallest absolute Gasteiger partial charge is 0.306 e. The van der Waals surface area contributed by atoms with Gasteiger partial charge >= 0.3 is 5.97 Å². The predicted molar refractivity (Wildman–Crippen MR) is 77.6 cm³/mol. The van der Waals surface area contributed by atoms with E-state index in [1.807, 2.05) is 30.3 Å². The zero-order chi connectivity index (χ0) is 15.1. The standard InChI is InChI=1S/C16H21NO4/c18-15(17-14-9-13(10-14)16(19)20)7-4-8-21-11-12-5-2-1-3-6-12/h1-3,5-6,13-14H,4,7-11H2,(H,17,18)(H,19,20). The molecule has 0 atom stereocenters. The molecule has 0 aliphatic heterocycles. The molecular weight excluding hydrogens is 270 g/mol. The fourth-order valence-electron chi connectivity index (χ4n) is 2.34. The van der Waals surface area contributed by atoms with Crippen LogP contribution < -0.4 is 5.32 Å². The first-order valence-electron chi connectivity index (χ1n) is 7.29. The minimum absolute atomic E-state index is 0.0212. The number of nitrogens with one attached hydrogen (secondary N) is 1. The van der Waals surface area contributed by atoms with Crippen molar-refractivity contribution in [3.63, 3.8) is 0 Å². The predicted octanol–water partition coefficient (Wildman–Crippen LogP) is 1.96. The molecule has 0 heterocycles. The van der Waals surface area contributed by atoms with Crippen LogP contribution in [0.1, 0.15) is 31.2 Å². The molecule has 0 unspecified atom stereocenters. The van der Waals surface area contributed by atoms with Gasteiger partial charge in [0.05, 0.1) is 12.5 Å². The first-order chi connectivity index (χ1) is 10.1. The van der Waals surface area contributed by atoms with Crippen LogP contribution in [0.15, 0.2) is 30.3 Å². The summed E-state index contributed by atoms with van der Waals surface area (Å²) in [6, 6.07) is 9.93. The summed E-state index contributed by atoms with van der Waals surface area (Å²) >= 11 is 0. The van der Waals surface area contributed by atoms with Crippen LogP contribution in [0.25, 0.3) is 0 Å². The molecular formula is C16H21NO4. The highest BCUT2D eigenvalue weighted by molar-refractivity contribution is 5.77. The number of amides is 1. The fourth-order valence-corrected chi connectivity index (χ4v) is 2.34. The maximum Gasteiger partial charge on any atom is 0.306 e. The van der Waals surface area contributed by atoms with Gasteiger partial charge in [-0.1, -0.05) is 30.3 Å². The molecule has 0 saturated heterocycles. The topological polar surface area (TPSA) is 75.6 Å². The lowest BCUT2D eigenvalue weighted by Gasteiger charge is -2.32. The van der Waals surface area contributed by atoms with Gasteiger partial charge in [-0.3, -0.25) is 9.59 Å². The molecule has 1 aromatic rings. The van der Waals surface area contributed by atoms with Gasteiger partial charge in [-0.05, 0) is 24.8 Å². The van der Waals surface area contributed by atoms with E-state index in [1.54, 1.807) is 0 Å². The molecule has 1 saturated carbocycles. The van der Waals surface area contributed by atoms with Gasteiger partial charge in [-0.2, -0.15) is 0 Å². The molecule has 0 radical (unpaired) electrons. The van der Waals surface area contributed by atoms with Crippen LogP contribution >= 0.6 is 0 Å². The molecule has 1 aliphatic rings. The molecule has 1 fully saturated rings. The van der Waals surface area contributed by atoms with Gasteiger partial charge in [-0.15, -0.1) is 0 Å². The molecule has 1 aromatic carbocycles. The number of ether oxygens (including phenoxy) is 1. The van der Waals surface area contributed by atoms with Gasteiger partial charge in [0.15, 0.2) is 0 Å². The van der Waals surface area contributed by atoms with Crippen LogP contribution in [0.2, 0.25) is 0 Å². The number of hydrogen-bond donors (Lipinski definition) is 2. The van der Waals surface area contributed by atoms with E-state index in [0.29, 0.717) is 38.9 Å². The van der Waals surface area contributed by atoms with Crippen molar-refractivity contribution in [1.29, 1.82) is 0 Å². The number of carbonyl (C=O) groups excluding carboxylic acids is 1. The Balaban J connectivity index is 1.49. The molecule has 2 rings (SSSR count). The number of hydrogen-bond acceptors (Lipinski definition) is 3. The van der Waals surface area contributed by atoms with Gasteiger partial charge in [0.25, 0.3) is 0 Å². The highest BCUT2D eigenvalue weighted by atomic mass is 16.5. The van der Waals surface area contributed by atoms with Gasteiger partial charge in [0.2, 0.25) is 5.91 Å². The highest BCUT2D eigenvalue weighted by Crippen LogP contribution is 2.27. The zero-order valence-corrected chi connectivity index (χ0v) is 12.0. The zero-order valence-electron chi connectivity index (χ0n) is 12.0. The van der Waals surface area contributed by atoms with E-state index >= 15 is 0 Å². The lowest BCUT2D eigenvalue weighted by molar-refractivity contribution is -0.146. The third-order valence-corrected chi connectivity index (χ3v) is 3.66. The molecule has 0 bridgehead atoms.